The fourth-order valence-electron chi connectivity index (χ4n) is 2.94. The molecule has 23 heavy (non-hydrogen) atoms. The van der Waals surface area contributed by atoms with Gasteiger partial charge in [0, 0.05) is 37.9 Å². The summed E-state index contributed by atoms with van der Waals surface area (Å²) in [6.45, 7) is 7.95. The Labute approximate surface area is 138 Å². The van der Waals surface area contributed by atoms with E-state index >= 15 is 0 Å². The SMILES string of the molecule is CCC(CC)(CN)C(=O)NCc1cccnc1N1CCOCC1. The minimum absolute atomic E-state index is 0.0294. The van der Waals surface area contributed by atoms with Crippen LogP contribution in [-0.4, -0.2) is 43.7 Å². The third-order valence-electron chi connectivity index (χ3n) is 4.84. The Hall–Kier alpha value is -1.66. The number of ether oxygens (including phenoxy) is 1. The lowest BCUT2D eigenvalue weighted by Crippen LogP contribution is -2.45. The molecule has 0 radical (unpaired) electrons. The molecule has 1 aliphatic rings. The number of carbonyl (C=O) groups is 1. The van der Waals surface area contributed by atoms with Crippen LogP contribution >= 0.6 is 0 Å². The number of hydrogen-bond acceptors (Lipinski definition) is 5. The molecule has 0 spiro atoms. The topological polar surface area (TPSA) is 80.5 Å². The van der Waals surface area contributed by atoms with E-state index in [2.05, 4.69) is 15.2 Å². The summed E-state index contributed by atoms with van der Waals surface area (Å²) in [6, 6.07) is 3.92. The highest BCUT2D eigenvalue weighted by Gasteiger charge is 2.33. The van der Waals surface area contributed by atoms with Crippen molar-refractivity contribution in [3.63, 3.8) is 0 Å². The second-order valence-corrected chi connectivity index (χ2v) is 5.96. The number of carbonyl (C=O) groups excluding carboxylic acids is 1. The van der Waals surface area contributed by atoms with Crippen LogP contribution in [0.15, 0.2) is 18.3 Å². The summed E-state index contributed by atoms with van der Waals surface area (Å²) in [5, 5.41) is 3.06. The van der Waals surface area contributed by atoms with E-state index in [1.165, 1.54) is 0 Å². The Kier molecular flexibility index (Phi) is 6.36. The Morgan fingerprint density at radius 3 is 2.70 bits per heavy atom. The normalized spacial score (nSPS) is 15.5. The van der Waals surface area contributed by atoms with Crippen molar-refractivity contribution in [2.24, 2.45) is 11.1 Å². The van der Waals surface area contributed by atoms with Gasteiger partial charge in [-0.15, -0.1) is 0 Å². The molecule has 6 heteroatoms. The van der Waals surface area contributed by atoms with Crippen LogP contribution in [0.4, 0.5) is 5.82 Å². The number of nitrogens with zero attached hydrogens (tertiary/aromatic N) is 2. The third kappa shape index (κ3) is 4.00. The number of nitrogens with one attached hydrogen (secondary N) is 1. The predicted molar refractivity (Wildman–Crippen MR) is 91.2 cm³/mol. The van der Waals surface area contributed by atoms with Crippen molar-refractivity contribution in [2.45, 2.75) is 33.2 Å². The van der Waals surface area contributed by atoms with Gasteiger partial charge in [-0.2, -0.15) is 0 Å². The van der Waals surface area contributed by atoms with E-state index in [1.807, 2.05) is 26.0 Å². The van der Waals surface area contributed by atoms with Gasteiger partial charge >= 0.3 is 0 Å². The molecule has 0 aliphatic carbocycles. The lowest BCUT2D eigenvalue weighted by Gasteiger charge is -2.31. The van der Waals surface area contributed by atoms with Crippen LogP contribution in [0.25, 0.3) is 0 Å². The molecule has 1 aromatic heterocycles. The Morgan fingerprint density at radius 1 is 1.39 bits per heavy atom. The summed E-state index contributed by atoms with van der Waals surface area (Å²) < 4.78 is 5.39. The predicted octanol–water partition coefficient (Wildman–Crippen LogP) is 1.30. The number of pyridine rings is 1. The van der Waals surface area contributed by atoms with Crippen molar-refractivity contribution in [1.29, 1.82) is 0 Å². The lowest BCUT2D eigenvalue weighted by atomic mass is 9.81. The molecule has 1 fully saturated rings. The summed E-state index contributed by atoms with van der Waals surface area (Å²) in [6.07, 6.45) is 3.28. The molecule has 1 saturated heterocycles. The summed E-state index contributed by atoms with van der Waals surface area (Å²) in [5.74, 6) is 0.962. The summed E-state index contributed by atoms with van der Waals surface area (Å²) in [5.41, 5.74) is 6.41. The van der Waals surface area contributed by atoms with Crippen LogP contribution in [0, 0.1) is 5.41 Å². The van der Waals surface area contributed by atoms with E-state index in [0.29, 0.717) is 26.3 Å². The zero-order chi connectivity index (χ0) is 16.7. The first-order chi connectivity index (χ1) is 11.2. The first kappa shape index (κ1) is 17.7. The van der Waals surface area contributed by atoms with Gasteiger partial charge in [-0.25, -0.2) is 4.98 Å². The van der Waals surface area contributed by atoms with E-state index in [1.54, 1.807) is 6.20 Å². The first-order valence-electron chi connectivity index (χ1n) is 8.41. The molecule has 0 aromatic carbocycles. The van der Waals surface area contributed by atoms with E-state index in [-0.39, 0.29) is 5.91 Å². The summed E-state index contributed by atoms with van der Waals surface area (Å²) >= 11 is 0. The highest BCUT2D eigenvalue weighted by atomic mass is 16.5. The van der Waals surface area contributed by atoms with Crippen LogP contribution in [0.5, 0.6) is 0 Å². The molecule has 128 valence electrons. The molecule has 0 bridgehead atoms. The number of hydrogen-bond donors (Lipinski definition) is 2. The van der Waals surface area contributed by atoms with Gasteiger partial charge in [0.15, 0.2) is 0 Å². The second kappa shape index (κ2) is 8.26. The maximum absolute atomic E-state index is 12.6. The van der Waals surface area contributed by atoms with Crippen molar-refractivity contribution in [3.05, 3.63) is 23.9 Å². The van der Waals surface area contributed by atoms with E-state index in [0.717, 1.165) is 37.3 Å². The molecule has 2 heterocycles. The Morgan fingerprint density at radius 2 is 2.09 bits per heavy atom. The number of aromatic nitrogens is 1. The van der Waals surface area contributed by atoms with Crippen molar-refractivity contribution in [1.82, 2.24) is 10.3 Å². The molecular formula is C17H28N4O2. The van der Waals surface area contributed by atoms with Crippen molar-refractivity contribution >= 4 is 11.7 Å². The smallest absolute Gasteiger partial charge is 0.227 e. The standard InChI is InChI=1S/C17H28N4O2/c1-3-17(4-2,13-18)16(22)20-12-14-6-5-7-19-15(14)21-8-10-23-11-9-21/h5-7H,3-4,8-13,18H2,1-2H3,(H,20,22). The average Bonchev–Trinajstić information content (AvgIpc) is 2.63. The minimum Gasteiger partial charge on any atom is -0.378 e. The zero-order valence-corrected chi connectivity index (χ0v) is 14.2. The highest BCUT2D eigenvalue weighted by molar-refractivity contribution is 5.82. The minimum atomic E-state index is -0.471. The van der Waals surface area contributed by atoms with Gasteiger partial charge in [0.05, 0.1) is 18.6 Å². The van der Waals surface area contributed by atoms with Gasteiger partial charge in [-0.3, -0.25) is 4.79 Å². The number of anilines is 1. The Balaban J connectivity index is 2.07. The molecule has 0 unspecified atom stereocenters. The average molecular weight is 320 g/mol. The van der Waals surface area contributed by atoms with E-state index < -0.39 is 5.41 Å². The maximum Gasteiger partial charge on any atom is 0.227 e. The maximum atomic E-state index is 12.6. The number of morpholine rings is 1. The van der Waals surface area contributed by atoms with Crippen LogP contribution in [0.3, 0.4) is 0 Å². The van der Waals surface area contributed by atoms with E-state index in [9.17, 15) is 4.79 Å². The van der Waals surface area contributed by atoms with Crippen LogP contribution < -0.4 is 16.0 Å². The lowest BCUT2D eigenvalue weighted by molar-refractivity contribution is -0.131. The molecule has 3 N–H and O–H groups in total. The quantitative estimate of drug-likeness (QED) is 0.791. The summed E-state index contributed by atoms with van der Waals surface area (Å²) in [7, 11) is 0. The molecule has 1 aliphatic heterocycles. The fourth-order valence-corrected chi connectivity index (χ4v) is 2.94. The largest absolute Gasteiger partial charge is 0.378 e. The Bertz CT molecular complexity index is 503. The van der Waals surface area contributed by atoms with Crippen LogP contribution in [0.2, 0.25) is 0 Å². The first-order valence-corrected chi connectivity index (χ1v) is 8.41. The summed E-state index contributed by atoms with van der Waals surface area (Å²) in [4.78, 5) is 19.3. The monoisotopic (exact) mass is 320 g/mol. The van der Waals surface area contributed by atoms with Gasteiger partial charge in [-0.1, -0.05) is 19.9 Å². The van der Waals surface area contributed by atoms with Gasteiger partial charge in [0.25, 0.3) is 0 Å². The highest BCUT2D eigenvalue weighted by Crippen LogP contribution is 2.25. The molecule has 6 nitrogen and oxygen atoms in total. The molecule has 0 atom stereocenters. The zero-order valence-electron chi connectivity index (χ0n) is 14.2. The fraction of sp³-hybridized carbons (Fsp3) is 0.647. The van der Waals surface area contributed by atoms with Crippen molar-refractivity contribution in [3.8, 4) is 0 Å². The van der Waals surface area contributed by atoms with Crippen LogP contribution in [-0.2, 0) is 16.1 Å². The third-order valence-corrected chi connectivity index (χ3v) is 4.84. The number of amides is 1. The number of rotatable bonds is 7. The van der Waals surface area contributed by atoms with Gasteiger partial charge in [0.2, 0.25) is 5.91 Å². The van der Waals surface area contributed by atoms with Gasteiger partial charge < -0.3 is 20.7 Å². The molecule has 1 amide bonds. The van der Waals surface area contributed by atoms with E-state index in [4.69, 9.17) is 10.5 Å². The molecule has 0 saturated carbocycles. The van der Waals surface area contributed by atoms with Crippen molar-refractivity contribution in [2.75, 3.05) is 37.7 Å². The number of nitrogens with two attached hydrogens (primary N) is 1. The second-order valence-electron chi connectivity index (χ2n) is 5.96. The molecule has 1 aromatic rings. The molecular weight excluding hydrogens is 292 g/mol. The van der Waals surface area contributed by atoms with Gasteiger partial charge in [0.1, 0.15) is 5.82 Å². The van der Waals surface area contributed by atoms with Gasteiger partial charge in [-0.05, 0) is 18.9 Å². The molecule has 2 rings (SSSR count). The van der Waals surface area contributed by atoms with Crippen LogP contribution in [0.1, 0.15) is 32.3 Å². The van der Waals surface area contributed by atoms with Crippen molar-refractivity contribution < 1.29 is 9.53 Å².